The summed E-state index contributed by atoms with van der Waals surface area (Å²) in [6.45, 7) is 1.53. The van der Waals surface area contributed by atoms with E-state index >= 15 is 0 Å². The molecule has 6 nitrogen and oxygen atoms in total. The SMILES string of the molecule is COc1cc(C2=CCN(BC=O)CC2)ccc1[N+](=O)[O-]. The molecule has 0 amide bonds. The minimum absolute atomic E-state index is 0.0322. The molecule has 0 N–H and O–H groups in total. The van der Waals surface area contributed by atoms with Crippen LogP contribution in [0.3, 0.4) is 0 Å². The highest BCUT2D eigenvalue weighted by atomic mass is 16.6. The third kappa shape index (κ3) is 3.05. The summed E-state index contributed by atoms with van der Waals surface area (Å²) in [5.41, 5.74) is 2.02. The Labute approximate surface area is 117 Å². The first-order valence-electron chi connectivity index (χ1n) is 6.33. The quantitative estimate of drug-likeness (QED) is 0.349. The highest BCUT2D eigenvalue weighted by Crippen LogP contribution is 2.32. The number of benzene rings is 1. The molecule has 2 rings (SSSR count). The lowest BCUT2D eigenvalue weighted by Crippen LogP contribution is -2.32. The van der Waals surface area contributed by atoms with Gasteiger partial charge in [-0.2, -0.15) is 0 Å². The maximum atomic E-state index is 10.9. The predicted molar refractivity (Wildman–Crippen MR) is 77.7 cm³/mol. The van der Waals surface area contributed by atoms with Gasteiger partial charge in [-0.15, -0.1) is 0 Å². The highest BCUT2D eigenvalue weighted by molar-refractivity contribution is 6.64. The topological polar surface area (TPSA) is 72.7 Å². The van der Waals surface area contributed by atoms with Crippen molar-refractivity contribution < 1.29 is 14.5 Å². The molecule has 0 radical (unpaired) electrons. The fourth-order valence-electron chi connectivity index (χ4n) is 2.27. The molecule has 104 valence electrons. The van der Waals surface area contributed by atoms with Gasteiger partial charge in [0.05, 0.1) is 18.2 Å². The van der Waals surface area contributed by atoms with E-state index in [0.717, 1.165) is 30.3 Å². The molecule has 1 aromatic rings. The molecular weight excluding hydrogens is 259 g/mol. The van der Waals surface area contributed by atoms with Gasteiger partial charge >= 0.3 is 5.69 Å². The summed E-state index contributed by atoms with van der Waals surface area (Å²) in [5.74, 6) is 0.267. The summed E-state index contributed by atoms with van der Waals surface area (Å²) in [6, 6.07) is 4.90. The van der Waals surface area contributed by atoms with Crippen molar-refractivity contribution >= 4 is 24.9 Å². The fourth-order valence-corrected chi connectivity index (χ4v) is 2.27. The number of carbonyl (C=O) groups excluding carboxylic acids is 1. The lowest BCUT2D eigenvalue weighted by atomic mass is 9.89. The van der Waals surface area contributed by atoms with E-state index in [9.17, 15) is 14.9 Å². The van der Waals surface area contributed by atoms with Crippen molar-refractivity contribution in [3.63, 3.8) is 0 Å². The van der Waals surface area contributed by atoms with Crippen LogP contribution in [-0.4, -0.2) is 43.5 Å². The number of ether oxygens (including phenoxy) is 1. The molecule has 0 atom stereocenters. The minimum Gasteiger partial charge on any atom is -0.490 e. The zero-order valence-electron chi connectivity index (χ0n) is 11.2. The molecule has 1 heterocycles. The van der Waals surface area contributed by atoms with E-state index in [1.165, 1.54) is 13.2 Å². The molecule has 0 spiro atoms. The van der Waals surface area contributed by atoms with Crippen molar-refractivity contribution in [1.82, 2.24) is 4.81 Å². The first kappa shape index (κ1) is 14.3. The fraction of sp³-hybridized carbons (Fsp3) is 0.308. The number of rotatable bonds is 5. The van der Waals surface area contributed by atoms with E-state index in [0.29, 0.717) is 14.0 Å². The molecule has 0 aliphatic carbocycles. The molecule has 0 fully saturated rings. The van der Waals surface area contributed by atoms with Crippen LogP contribution in [0.1, 0.15) is 12.0 Å². The molecule has 7 heteroatoms. The number of methoxy groups -OCH3 is 1. The van der Waals surface area contributed by atoms with Crippen LogP contribution in [-0.2, 0) is 4.79 Å². The van der Waals surface area contributed by atoms with Gasteiger partial charge < -0.3 is 14.3 Å². The van der Waals surface area contributed by atoms with Crippen LogP contribution in [0, 0.1) is 10.1 Å². The second-order valence-electron chi connectivity index (χ2n) is 4.55. The first-order chi connectivity index (χ1) is 9.65. The number of hydrogen-bond acceptors (Lipinski definition) is 5. The first-order valence-corrected chi connectivity index (χ1v) is 6.33. The van der Waals surface area contributed by atoms with Gasteiger partial charge in [0.2, 0.25) is 0 Å². The molecule has 20 heavy (non-hydrogen) atoms. The van der Waals surface area contributed by atoms with Crippen molar-refractivity contribution in [1.29, 1.82) is 0 Å². The van der Waals surface area contributed by atoms with E-state index in [4.69, 9.17) is 4.74 Å². The van der Waals surface area contributed by atoms with Gasteiger partial charge in [-0.1, -0.05) is 6.08 Å². The maximum Gasteiger partial charge on any atom is 0.310 e. The normalized spacial score (nSPS) is 15.3. The molecule has 0 saturated heterocycles. The average molecular weight is 274 g/mol. The van der Waals surface area contributed by atoms with Gasteiger partial charge in [-0.05, 0) is 36.2 Å². The Morgan fingerprint density at radius 2 is 2.30 bits per heavy atom. The van der Waals surface area contributed by atoms with Crippen LogP contribution in [0.25, 0.3) is 5.57 Å². The Morgan fingerprint density at radius 3 is 2.85 bits per heavy atom. The third-order valence-corrected chi connectivity index (χ3v) is 3.37. The Bertz CT molecular complexity index is 559. The zero-order valence-corrected chi connectivity index (χ0v) is 11.2. The molecule has 1 aliphatic rings. The van der Waals surface area contributed by atoms with Crippen molar-refractivity contribution in [3.8, 4) is 5.75 Å². The number of nitro groups is 1. The molecule has 0 unspecified atom stereocenters. The molecular formula is C13H15BN2O4. The third-order valence-electron chi connectivity index (χ3n) is 3.37. The van der Waals surface area contributed by atoms with Crippen molar-refractivity contribution in [2.24, 2.45) is 0 Å². The standard InChI is InChI=1S/C13H15BN2O4/c1-20-13-8-11(2-3-12(13)16(18)19)10-4-6-15(7-5-10)14-9-17/h2-4,8-9,14H,5-7H2,1H3. The van der Waals surface area contributed by atoms with Gasteiger partial charge in [-0.25, -0.2) is 0 Å². The van der Waals surface area contributed by atoms with Gasteiger partial charge in [0.25, 0.3) is 7.41 Å². The van der Waals surface area contributed by atoms with Gasteiger partial charge in [-0.3, -0.25) is 10.1 Å². The van der Waals surface area contributed by atoms with Crippen molar-refractivity contribution in [2.75, 3.05) is 20.2 Å². The summed E-state index contributed by atoms with van der Waals surface area (Å²) in [4.78, 5) is 22.9. The van der Waals surface area contributed by atoms with Crippen LogP contribution in [0.2, 0.25) is 0 Å². The Hall–Kier alpha value is -2.15. The summed E-state index contributed by atoms with van der Waals surface area (Å²) in [7, 11) is 1.86. The zero-order chi connectivity index (χ0) is 14.5. The smallest absolute Gasteiger partial charge is 0.310 e. The lowest BCUT2D eigenvalue weighted by Gasteiger charge is -2.24. The number of nitro benzene ring substituents is 1. The number of hydrogen-bond donors (Lipinski definition) is 0. The van der Waals surface area contributed by atoms with Gasteiger partial charge in [0, 0.05) is 12.6 Å². The monoisotopic (exact) mass is 274 g/mol. The van der Waals surface area contributed by atoms with Crippen LogP contribution < -0.4 is 4.74 Å². The largest absolute Gasteiger partial charge is 0.490 e. The predicted octanol–water partition coefficient (Wildman–Crippen LogP) is 1.23. The van der Waals surface area contributed by atoms with Crippen LogP contribution in [0.4, 0.5) is 5.69 Å². The summed E-state index contributed by atoms with van der Waals surface area (Å²) in [6.07, 6.45) is 3.76. The van der Waals surface area contributed by atoms with E-state index < -0.39 is 4.92 Å². The Kier molecular flexibility index (Phi) is 4.52. The van der Waals surface area contributed by atoms with E-state index in [2.05, 4.69) is 0 Å². The number of carbonyl (C=O) groups is 1. The Morgan fingerprint density at radius 1 is 1.50 bits per heavy atom. The van der Waals surface area contributed by atoms with E-state index in [1.54, 1.807) is 12.1 Å². The van der Waals surface area contributed by atoms with E-state index in [1.807, 2.05) is 10.9 Å². The number of nitrogens with zero attached hydrogens (tertiary/aromatic N) is 2. The van der Waals surface area contributed by atoms with Crippen molar-refractivity contribution in [3.05, 3.63) is 40.0 Å². The van der Waals surface area contributed by atoms with Crippen molar-refractivity contribution in [2.45, 2.75) is 6.42 Å². The molecule has 0 bridgehead atoms. The maximum absolute atomic E-state index is 10.9. The van der Waals surface area contributed by atoms with Crippen LogP contribution in [0.5, 0.6) is 5.75 Å². The summed E-state index contributed by atoms with van der Waals surface area (Å²) < 4.78 is 5.07. The summed E-state index contributed by atoms with van der Waals surface area (Å²) >= 11 is 0. The highest BCUT2D eigenvalue weighted by Gasteiger charge is 2.18. The van der Waals surface area contributed by atoms with E-state index in [-0.39, 0.29) is 11.4 Å². The molecule has 0 aromatic heterocycles. The Balaban J connectivity index is 2.22. The van der Waals surface area contributed by atoms with Gasteiger partial charge in [0.15, 0.2) is 5.75 Å². The minimum atomic E-state index is -0.455. The van der Waals surface area contributed by atoms with Crippen LogP contribution >= 0.6 is 0 Å². The van der Waals surface area contributed by atoms with Crippen LogP contribution in [0.15, 0.2) is 24.3 Å². The lowest BCUT2D eigenvalue weighted by molar-refractivity contribution is -0.385. The second kappa shape index (κ2) is 6.34. The van der Waals surface area contributed by atoms with Gasteiger partial charge in [0.1, 0.15) is 0 Å². The average Bonchev–Trinajstić information content (AvgIpc) is 2.47. The molecule has 1 aromatic carbocycles. The summed E-state index contributed by atoms with van der Waals surface area (Å²) in [5, 5.41) is 10.9. The second-order valence-corrected chi connectivity index (χ2v) is 4.55. The molecule has 0 saturated carbocycles. The molecule has 1 aliphatic heterocycles.